The summed E-state index contributed by atoms with van der Waals surface area (Å²) in [4.78, 5) is 0. The largest absolute Gasteiger partial charge is 0.271 e. The van der Waals surface area contributed by atoms with E-state index >= 15 is 0 Å². The van der Waals surface area contributed by atoms with E-state index in [9.17, 15) is 0 Å². The third kappa shape index (κ3) is 2.63. The monoisotopic (exact) mass is 234 g/mol. The molecule has 1 aromatic rings. The Balaban J connectivity index is 2.77. The average molecular weight is 235 g/mol. The standard InChI is InChI=1S/C8H15ClN4S/c1-3-14-5-7(12-10)8-6(9)4-11-13(8)2/h4,7,12H,3,5,10H2,1-2H3. The Kier molecular flexibility index (Phi) is 4.74. The lowest BCUT2D eigenvalue weighted by molar-refractivity contribution is 0.555. The van der Waals surface area contributed by atoms with Crippen LogP contribution in [0.2, 0.25) is 5.02 Å². The zero-order chi connectivity index (χ0) is 10.6. The van der Waals surface area contributed by atoms with Crippen molar-refractivity contribution in [1.29, 1.82) is 0 Å². The Morgan fingerprint density at radius 1 is 1.79 bits per heavy atom. The number of nitrogens with two attached hydrogens (primary N) is 1. The van der Waals surface area contributed by atoms with Gasteiger partial charge in [-0.1, -0.05) is 18.5 Å². The van der Waals surface area contributed by atoms with Gasteiger partial charge in [0, 0.05) is 12.8 Å². The lowest BCUT2D eigenvalue weighted by Gasteiger charge is -2.15. The lowest BCUT2D eigenvalue weighted by atomic mass is 10.2. The molecule has 0 aliphatic heterocycles. The van der Waals surface area contributed by atoms with Crippen molar-refractivity contribution < 1.29 is 0 Å². The molecule has 4 nitrogen and oxygen atoms in total. The normalized spacial score (nSPS) is 13.1. The summed E-state index contributed by atoms with van der Waals surface area (Å²) in [5.41, 5.74) is 3.69. The second kappa shape index (κ2) is 5.60. The fraction of sp³-hybridized carbons (Fsp3) is 0.625. The van der Waals surface area contributed by atoms with E-state index < -0.39 is 0 Å². The van der Waals surface area contributed by atoms with E-state index in [-0.39, 0.29) is 6.04 Å². The quantitative estimate of drug-likeness (QED) is 0.596. The first kappa shape index (κ1) is 11.8. The van der Waals surface area contributed by atoms with Crippen molar-refractivity contribution in [3.63, 3.8) is 0 Å². The highest BCUT2D eigenvalue weighted by Crippen LogP contribution is 2.24. The molecule has 14 heavy (non-hydrogen) atoms. The van der Waals surface area contributed by atoms with Gasteiger partial charge in [0.15, 0.2) is 0 Å². The van der Waals surface area contributed by atoms with Gasteiger partial charge in [-0.25, -0.2) is 0 Å². The van der Waals surface area contributed by atoms with Crippen molar-refractivity contribution >= 4 is 23.4 Å². The number of aryl methyl sites for hydroxylation is 1. The first-order valence-electron chi connectivity index (χ1n) is 4.42. The zero-order valence-corrected chi connectivity index (χ0v) is 9.90. The van der Waals surface area contributed by atoms with E-state index in [4.69, 9.17) is 17.4 Å². The third-order valence-electron chi connectivity index (χ3n) is 1.96. The van der Waals surface area contributed by atoms with Gasteiger partial charge in [-0.05, 0) is 5.75 Å². The number of rotatable bonds is 5. The summed E-state index contributed by atoms with van der Waals surface area (Å²) >= 11 is 7.82. The van der Waals surface area contributed by atoms with E-state index in [1.54, 1.807) is 10.9 Å². The van der Waals surface area contributed by atoms with Crippen LogP contribution in [0.15, 0.2) is 6.20 Å². The minimum atomic E-state index is 0.0555. The number of nitrogens with zero attached hydrogens (tertiary/aromatic N) is 2. The second-order valence-corrected chi connectivity index (χ2v) is 4.61. The average Bonchev–Trinajstić information content (AvgIpc) is 2.50. The molecular formula is C8H15ClN4S. The van der Waals surface area contributed by atoms with E-state index in [2.05, 4.69) is 17.4 Å². The Morgan fingerprint density at radius 2 is 2.50 bits per heavy atom. The van der Waals surface area contributed by atoms with Crippen LogP contribution in [0.4, 0.5) is 0 Å². The number of thioether (sulfide) groups is 1. The van der Waals surface area contributed by atoms with Crippen LogP contribution < -0.4 is 11.3 Å². The van der Waals surface area contributed by atoms with Crippen molar-refractivity contribution in [3.05, 3.63) is 16.9 Å². The van der Waals surface area contributed by atoms with Gasteiger partial charge in [-0.2, -0.15) is 16.9 Å². The minimum absolute atomic E-state index is 0.0555. The summed E-state index contributed by atoms with van der Waals surface area (Å²) < 4.78 is 1.75. The maximum Gasteiger partial charge on any atom is 0.0834 e. The first-order chi connectivity index (χ1) is 6.70. The summed E-state index contributed by atoms with van der Waals surface area (Å²) in [5.74, 6) is 7.44. The molecule has 6 heteroatoms. The highest BCUT2D eigenvalue weighted by atomic mass is 35.5. The molecule has 1 unspecified atom stereocenters. The molecule has 80 valence electrons. The predicted octanol–water partition coefficient (Wildman–Crippen LogP) is 1.33. The number of nitrogens with one attached hydrogen (secondary N) is 1. The van der Waals surface area contributed by atoms with Crippen molar-refractivity contribution in [1.82, 2.24) is 15.2 Å². The molecule has 0 aromatic carbocycles. The van der Waals surface area contributed by atoms with E-state index in [1.807, 2.05) is 18.8 Å². The van der Waals surface area contributed by atoms with Gasteiger partial charge < -0.3 is 0 Å². The van der Waals surface area contributed by atoms with Crippen LogP contribution in [0.25, 0.3) is 0 Å². The maximum absolute atomic E-state index is 6.01. The smallest absolute Gasteiger partial charge is 0.0834 e. The number of hydrazine groups is 1. The molecule has 0 spiro atoms. The van der Waals surface area contributed by atoms with Gasteiger partial charge in [-0.15, -0.1) is 0 Å². The fourth-order valence-corrected chi connectivity index (χ4v) is 2.28. The topological polar surface area (TPSA) is 55.9 Å². The SMILES string of the molecule is CCSCC(NN)c1c(Cl)cnn1C. The van der Waals surface area contributed by atoms with Gasteiger partial charge in [0.1, 0.15) is 0 Å². The Labute approximate surface area is 93.1 Å². The first-order valence-corrected chi connectivity index (χ1v) is 5.95. The van der Waals surface area contributed by atoms with Crippen molar-refractivity contribution in [2.75, 3.05) is 11.5 Å². The van der Waals surface area contributed by atoms with Gasteiger partial charge in [-0.3, -0.25) is 16.0 Å². The molecule has 1 heterocycles. The second-order valence-electron chi connectivity index (χ2n) is 2.88. The third-order valence-corrected chi connectivity index (χ3v) is 3.23. The van der Waals surface area contributed by atoms with Crippen molar-refractivity contribution in [2.24, 2.45) is 12.9 Å². The van der Waals surface area contributed by atoms with Crippen LogP contribution in [0.1, 0.15) is 18.7 Å². The molecule has 1 rings (SSSR count). The molecular weight excluding hydrogens is 220 g/mol. The molecule has 0 aliphatic carbocycles. The number of halogens is 1. The van der Waals surface area contributed by atoms with Crippen LogP contribution in [0.3, 0.4) is 0 Å². The van der Waals surface area contributed by atoms with Crippen LogP contribution in [-0.4, -0.2) is 21.3 Å². The highest BCUT2D eigenvalue weighted by Gasteiger charge is 2.17. The molecule has 0 saturated heterocycles. The van der Waals surface area contributed by atoms with E-state index in [0.29, 0.717) is 5.02 Å². The van der Waals surface area contributed by atoms with Gasteiger partial charge in [0.25, 0.3) is 0 Å². The minimum Gasteiger partial charge on any atom is -0.271 e. The van der Waals surface area contributed by atoms with Crippen LogP contribution in [-0.2, 0) is 7.05 Å². The highest BCUT2D eigenvalue weighted by molar-refractivity contribution is 7.99. The molecule has 1 atom stereocenters. The lowest BCUT2D eigenvalue weighted by Crippen LogP contribution is -2.31. The fourth-order valence-electron chi connectivity index (χ4n) is 1.25. The summed E-state index contributed by atoms with van der Waals surface area (Å²) in [6, 6.07) is 0.0555. The van der Waals surface area contributed by atoms with Gasteiger partial charge in [0.2, 0.25) is 0 Å². The number of hydrogen-bond donors (Lipinski definition) is 2. The summed E-state index contributed by atoms with van der Waals surface area (Å²) in [7, 11) is 1.86. The Bertz CT molecular complexity index is 269. The van der Waals surface area contributed by atoms with Crippen molar-refractivity contribution in [2.45, 2.75) is 13.0 Å². The maximum atomic E-state index is 6.01. The number of aromatic nitrogens is 2. The molecule has 0 amide bonds. The van der Waals surface area contributed by atoms with Crippen molar-refractivity contribution in [3.8, 4) is 0 Å². The molecule has 0 aliphatic rings. The molecule has 3 N–H and O–H groups in total. The van der Waals surface area contributed by atoms with Crippen LogP contribution in [0, 0.1) is 0 Å². The zero-order valence-electron chi connectivity index (χ0n) is 8.33. The van der Waals surface area contributed by atoms with E-state index in [0.717, 1.165) is 17.2 Å². The van der Waals surface area contributed by atoms with Gasteiger partial charge >= 0.3 is 0 Å². The van der Waals surface area contributed by atoms with E-state index in [1.165, 1.54) is 0 Å². The molecule has 0 saturated carbocycles. The Morgan fingerprint density at radius 3 is 2.93 bits per heavy atom. The summed E-state index contributed by atoms with van der Waals surface area (Å²) in [5, 5.41) is 4.73. The summed E-state index contributed by atoms with van der Waals surface area (Å²) in [6.07, 6.45) is 1.64. The Hall–Kier alpha value is -0.230. The van der Waals surface area contributed by atoms with Crippen LogP contribution >= 0.6 is 23.4 Å². The van der Waals surface area contributed by atoms with Gasteiger partial charge in [0.05, 0.1) is 23.0 Å². The van der Waals surface area contributed by atoms with Crippen LogP contribution in [0.5, 0.6) is 0 Å². The summed E-state index contributed by atoms with van der Waals surface area (Å²) in [6.45, 7) is 2.11. The predicted molar refractivity (Wildman–Crippen MR) is 61.3 cm³/mol. The molecule has 1 aromatic heterocycles. The number of hydrogen-bond acceptors (Lipinski definition) is 4. The molecule has 0 bridgehead atoms. The molecule has 0 fully saturated rings. The molecule has 0 radical (unpaired) electrons.